The van der Waals surface area contributed by atoms with Gasteiger partial charge in [-0.15, -0.1) is 0 Å². The van der Waals surface area contributed by atoms with E-state index in [1.165, 1.54) is 14.0 Å². The van der Waals surface area contributed by atoms with Crippen LogP contribution in [0, 0.1) is 0 Å². The van der Waals surface area contributed by atoms with Crippen molar-refractivity contribution in [1.29, 1.82) is 0 Å². The molecular formula is C8H16F3NO. The summed E-state index contributed by atoms with van der Waals surface area (Å²) in [6, 6.07) is -0.558. The maximum Gasteiger partial charge on any atom is 0.390 e. The average Bonchev–Trinajstić information content (AvgIpc) is 1.97. The van der Waals surface area contributed by atoms with Crippen molar-refractivity contribution in [2.75, 3.05) is 13.7 Å². The lowest BCUT2D eigenvalue weighted by molar-refractivity contribution is -0.139. The van der Waals surface area contributed by atoms with Crippen LogP contribution in [0.3, 0.4) is 0 Å². The van der Waals surface area contributed by atoms with Crippen molar-refractivity contribution in [1.82, 2.24) is 5.32 Å². The van der Waals surface area contributed by atoms with Crippen LogP contribution < -0.4 is 5.32 Å². The van der Waals surface area contributed by atoms with Crippen molar-refractivity contribution < 1.29 is 17.9 Å². The molecule has 2 atom stereocenters. The second-order valence-corrected chi connectivity index (χ2v) is 3.17. The molecule has 0 radical (unpaired) electrons. The highest BCUT2D eigenvalue weighted by Gasteiger charge is 2.29. The zero-order valence-corrected chi connectivity index (χ0v) is 8.11. The van der Waals surface area contributed by atoms with Gasteiger partial charge in [-0.25, -0.2) is 0 Å². The summed E-state index contributed by atoms with van der Waals surface area (Å²) in [6.45, 7) is 3.75. The first kappa shape index (κ1) is 12.7. The van der Waals surface area contributed by atoms with Crippen molar-refractivity contribution in [3.63, 3.8) is 0 Å². The van der Waals surface area contributed by atoms with Gasteiger partial charge in [0, 0.05) is 19.7 Å². The Morgan fingerprint density at radius 3 is 2.23 bits per heavy atom. The summed E-state index contributed by atoms with van der Waals surface area (Å²) in [6.07, 6.45) is -4.96. The van der Waals surface area contributed by atoms with E-state index in [0.717, 1.165) is 0 Å². The van der Waals surface area contributed by atoms with E-state index in [1.54, 1.807) is 6.92 Å². The first-order chi connectivity index (χ1) is 5.85. The Hall–Kier alpha value is -0.290. The topological polar surface area (TPSA) is 21.3 Å². The van der Waals surface area contributed by atoms with Gasteiger partial charge in [0.1, 0.15) is 0 Å². The van der Waals surface area contributed by atoms with Crippen molar-refractivity contribution in [3.05, 3.63) is 0 Å². The van der Waals surface area contributed by atoms with Crippen LogP contribution in [0.1, 0.15) is 20.3 Å². The lowest BCUT2D eigenvalue weighted by Gasteiger charge is -2.18. The third kappa shape index (κ3) is 8.05. The summed E-state index contributed by atoms with van der Waals surface area (Å²) in [7, 11) is 1.53. The number of alkyl halides is 3. The minimum Gasteiger partial charge on any atom is -0.380 e. The summed E-state index contributed by atoms with van der Waals surface area (Å²) in [5.74, 6) is 0. The Balaban J connectivity index is 3.57. The monoisotopic (exact) mass is 199 g/mol. The van der Waals surface area contributed by atoms with Crippen LogP contribution in [-0.2, 0) is 4.74 Å². The summed E-state index contributed by atoms with van der Waals surface area (Å²) < 4.78 is 40.4. The molecule has 0 aliphatic heterocycles. The normalized spacial score (nSPS) is 17.1. The molecule has 0 aliphatic carbocycles. The molecule has 80 valence electrons. The Labute approximate surface area is 76.5 Å². The number of methoxy groups -OCH3 is 1. The maximum absolute atomic E-state index is 11.8. The Bertz CT molecular complexity index is 138. The molecular weight excluding hydrogens is 183 g/mol. The SMILES string of the molecule is COC(C)CNC(C)CC(F)(F)F. The quantitative estimate of drug-likeness (QED) is 0.730. The lowest BCUT2D eigenvalue weighted by atomic mass is 10.2. The zero-order chi connectivity index (χ0) is 10.5. The van der Waals surface area contributed by atoms with E-state index in [1.807, 2.05) is 0 Å². The predicted octanol–water partition coefficient (Wildman–Crippen LogP) is 1.95. The largest absolute Gasteiger partial charge is 0.390 e. The Morgan fingerprint density at radius 1 is 1.31 bits per heavy atom. The minimum atomic E-state index is -4.09. The molecule has 0 bridgehead atoms. The van der Waals surface area contributed by atoms with E-state index in [2.05, 4.69) is 5.32 Å². The smallest absolute Gasteiger partial charge is 0.380 e. The maximum atomic E-state index is 11.8. The van der Waals surface area contributed by atoms with Gasteiger partial charge in [0.25, 0.3) is 0 Å². The second-order valence-electron chi connectivity index (χ2n) is 3.17. The van der Waals surface area contributed by atoms with E-state index < -0.39 is 18.6 Å². The van der Waals surface area contributed by atoms with E-state index in [-0.39, 0.29) is 6.10 Å². The van der Waals surface area contributed by atoms with Gasteiger partial charge in [-0.3, -0.25) is 0 Å². The fourth-order valence-electron chi connectivity index (χ4n) is 0.870. The number of ether oxygens (including phenoxy) is 1. The molecule has 1 N–H and O–H groups in total. The van der Waals surface area contributed by atoms with Crippen LogP contribution in [0.5, 0.6) is 0 Å². The van der Waals surface area contributed by atoms with Crippen LogP contribution in [0.25, 0.3) is 0 Å². The molecule has 0 aromatic heterocycles. The second kappa shape index (κ2) is 5.44. The van der Waals surface area contributed by atoms with Crippen molar-refractivity contribution in [2.45, 2.75) is 38.6 Å². The minimum absolute atomic E-state index is 0.0596. The summed E-state index contributed by atoms with van der Waals surface area (Å²) in [5.41, 5.74) is 0. The van der Waals surface area contributed by atoms with Crippen molar-refractivity contribution in [2.24, 2.45) is 0 Å². The number of rotatable bonds is 5. The van der Waals surface area contributed by atoms with Gasteiger partial charge in [0.2, 0.25) is 0 Å². The number of hydrogen-bond acceptors (Lipinski definition) is 2. The lowest BCUT2D eigenvalue weighted by Crippen LogP contribution is -2.36. The molecule has 0 aliphatic rings. The summed E-state index contributed by atoms with van der Waals surface area (Å²) in [5, 5.41) is 2.74. The molecule has 2 nitrogen and oxygen atoms in total. The third-order valence-electron chi connectivity index (χ3n) is 1.69. The fourth-order valence-corrected chi connectivity index (χ4v) is 0.870. The molecule has 0 rings (SSSR count). The van der Waals surface area contributed by atoms with Gasteiger partial charge in [0.05, 0.1) is 12.5 Å². The molecule has 0 aromatic rings. The summed E-state index contributed by atoms with van der Waals surface area (Å²) in [4.78, 5) is 0. The van der Waals surface area contributed by atoms with Crippen LogP contribution in [0.2, 0.25) is 0 Å². The first-order valence-corrected chi connectivity index (χ1v) is 4.18. The van der Waals surface area contributed by atoms with Gasteiger partial charge in [-0.1, -0.05) is 0 Å². The van der Waals surface area contributed by atoms with Crippen LogP contribution in [0.4, 0.5) is 13.2 Å². The highest BCUT2D eigenvalue weighted by atomic mass is 19.4. The van der Waals surface area contributed by atoms with Crippen LogP contribution >= 0.6 is 0 Å². The summed E-state index contributed by atoms with van der Waals surface area (Å²) >= 11 is 0. The van der Waals surface area contributed by atoms with Crippen LogP contribution in [-0.4, -0.2) is 32.0 Å². The van der Waals surface area contributed by atoms with Gasteiger partial charge in [-0.05, 0) is 13.8 Å². The highest BCUT2D eigenvalue weighted by Crippen LogP contribution is 2.21. The fraction of sp³-hybridized carbons (Fsp3) is 1.00. The molecule has 0 spiro atoms. The predicted molar refractivity (Wildman–Crippen MR) is 44.6 cm³/mol. The average molecular weight is 199 g/mol. The van der Waals surface area contributed by atoms with Crippen LogP contribution in [0.15, 0.2) is 0 Å². The molecule has 0 saturated heterocycles. The third-order valence-corrected chi connectivity index (χ3v) is 1.69. The zero-order valence-electron chi connectivity index (χ0n) is 8.11. The molecule has 0 aromatic carbocycles. The number of halogens is 3. The van der Waals surface area contributed by atoms with E-state index in [0.29, 0.717) is 6.54 Å². The Kier molecular flexibility index (Phi) is 5.32. The molecule has 0 heterocycles. The molecule has 0 fully saturated rings. The van der Waals surface area contributed by atoms with Gasteiger partial charge in [-0.2, -0.15) is 13.2 Å². The van der Waals surface area contributed by atoms with E-state index in [9.17, 15) is 13.2 Å². The number of nitrogens with one attached hydrogen (secondary N) is 1. The first-order valence-electron chi connectivity index (χ1n) is 4.18. The molecule has 2 unspecified atom stereocenters. The molecule has 5 heteroatoms. The molecule has 0 saturated carbocycles. The van der Waals surface area contributed by atoms with Crippen molar-refractivity contribution >= 4 is 0 Å². The molecule has 0 amide bonds. The standard InChI is InChI=1S/C8H16F3NO/c1-6(4-8(9,10)11)12-5-7(2)13-3/h6-7,12H,4-5H2,1-3H3. The highest BCUT2D eigenvalue weighted by molar-refractivity contribution is 4.67. The van der Waals surface area contributed by atoms with Gasteiger partial charge in [0.15, 0.2) is 0 Å². The van der Waals surface area contributed by atoms with Gasteiger partial charge >= 0.3 is 6.18 Å². The number of hydrogen-bond donors (Lipinski definition) is 1. The van der Waals surface area contributed by atoms with E-state index >= 15 is 0 Å². The Morgan fingerprint density at radius 2 is 1.85 bits per heavy atom. The van der Waals surface area contributed by atoms with E-state index in [4.69, 9.17) is 4.74 Å². The van der Waals surface area contributed by atoms with Gasteiger partial charge < -0.3 is 10.1 Å². The van der Waals surface area contributed by atoms with Crippen molar-refractivity contribution in [3.8, 4) is 0 Å². The molecule has 13 heavy (non-hydrogen) atoms.